The number of hydrogen-bond acceptors (Lipinski definition) is 1. The maximum absolute atomic E-state index is 9.65. The number of aromatic hydroxyl groups is 1. The van der Waals surface area contributed by atoms with E-state index in [0.29, 0.717) is 5.75 Å². The quantitative estimate of drug-likeness (QED) is 0.372. The fourth-order valence-corrected chi connectivity index (χ4v) is 2.53. The fraction of sp³-hybridized carbons (Fsp3) is 0.667. The Balaban J connectivity index is -0.00000120. The number of para-hydroxylation sites is 1. The van der Waals surface area contributed by atoms with Crippen molar-refractivity contribution in [3.05, 3.63) is 29.8 Å². The molecule has 0 bridgehead atoms. The summed E-state index contributed by atoms with van der Waals surface area (Å²) in [5.41, 5.74) is 1.10. The Morgan fingerprint density at radius 2 is 1.30 bits per heavy atom. The Hall–Kier alpha value is 0.591. The van der Waals surface area contributed by atoms with E-state index in [0.717, 1.165) is 12.0 Å². The van der Waals surface area contributed by atoms with Gasteiger partial charge < -0.3 is 7.96 Å². The van der Waals surface area contributed by atoms with E-state index in [2.05, 4.69) is 6.92 Å². The van der Waals surface area contributed by atoms with Crippen molar-refractivity contribution >= 4 is 48.9 Å². The molecule has 1 nitrogen and oxygen atoms in total. The molecule has 1 rings (SSSR count). The van der Waals surface area contributed by atoms with Crippen molar-refractivity contribution in [3.8, 4) is 5.75 Å². The minimum Gasteiger partial charge on any atom is -1.00 e. The molecule has 112 valence electrons. The van der Waals surface area contributed by atoms with Gasteiger partial charge in [-0.25, -0.2) is 0 Å². The molecule has 0 amide bonds. The first kappa shape index (κ1) is 20.6. The van der Waals surface area contributed by atoms with Crippen molar-refractivity contribution in [1.29, 1.82) is 0 Å². The van der Waals surface area contributed by atoms with Gasteiger partial charge in [-0.1, -0.05) is 82.9 Å². The minimum absolute atomic E-state index is 0. The molecule has 0 radical (unpaired) electrons. The average Bonchev–Trinajstić information content (AvgIpc) is 2.43. The maximum atomic E-state index is 9.65. The van der Waals surface area contributed by atoms with E-state index in [1.165, 1.54) is 64.2 Å². The third-order valence-electron chi connectivity index (χ3n) is 3.79. The van der Waals surface area contributed by atoms with Gasteiger partial charge in [0.2, 0.25) is 0 Å². The summed E-state index contributed by atoms with van der Waals surface area (Å²) in [6.07, 6.45) is 14.6. The van der Waals surface area contributed by atoms with E-state index in [-0.39, 0.29) is 51.7 Å². The molecule has 1 aromatic rings. The molecule has 0 aliphatic rings. The average molecular weight is 402 g/mol. The molecule has 1 aromatic carbocycles. The number of unbranched alkanes of at least 4 members (excludes halogenated alkanes) is 9. The molecule has 0 atom stereocenters. The summed E-state index contributed by atoms with van der Waals surface area (Å²) in [4.78, 5) is 0. The van der Waals surface area contributed by atoms with Crippen molar-refractivity contribution in [1.82, 2.24) is 0 Å². The zero-order valence-corrected chi connectivity index (χ0v) is 17.7. The monoisotopic (exact) mass is 402 g/mol. The summed E-state index contributed by atoms with van der Waals surface area (Å²) in [5.74, 6) is 0.457. The zero-order valence-electron chi connectivity index (χ0n) is 15.2. The van der Waals surface area contributed by atoms with Crippen LogP contribution in [0.15, 0.2) is 24.3 Å². The van der Waals surface area contributed by atoms with Gasteiger partial charge in [-0.05, 0) is 24.5 Å². The van der Waals surface area contributed by atoms with Crippen molar-refractivity contribution in [2.75, 3.05) is 0 Å². The van der Waals surface area contributed by atoms with E-state index in [1.54, 1.807) is 6.07 Å². The smallest absolute Gasteiger partial charge is 1.00 e. The first-order chi connectivity index (χ1) is 9.34. The molecular weight excluding hydrogens is 370 g/mol. The van der Waals surface area contributed by atoms with Gasteiger partial charge in [-0.2, -0.15) is 0 Å². The van der Waals surface area contributed by atoms with Gasteiger partial charge in [0.1, 0.15) is 5.75 Å². The van der Waals surface area contributed by atoms with Gasteiger partial charge >= 0.3 is 48.9 Å². The summed E-state index contributed by atoms with van der Waals surface area (Å²) in [5, 5.41) is 9.65. The molecular formula is C18H32BaO. The van der Waals surface area contributed by atoms with Crippen molar-refractivity contribution in [3.63, 3.8) is 0 Å². The Labute approximate surface area is 168 Å². The predicted molar refractivity (Wildman–Crippen MR) is 91.6 cm³/mol. The summed E-state index contributed by atoms with van der Waals surface area (Å²) < 4.78 is 0. The Bertz CT molecular complexity index is 335. The second-order valence-electron chi connectivity index (χ2n) is 5.56. The third kappa shape index (κ3) is 10.3. The molecule has 2 heteroatoms. The van der Waals surface area contributed by atoms with Crippen LogP contribution in [-0.4, -0.2) is 54.0 Å². The van der Waals surface area contributed by atoms with E-state index in [4.69, 9.17) is 0 Å². The van der Waals surface area contributed by atoms with Gasteiger partial charge in [-0.3, -0.25) is 0 Å². The molecule has 0 heterocycles. The largest absolute Gasteiger partial charge is 2.00 e. The van der Waals surface area contributed by atoms with E-state index in [1.807, 2.05) is 18.2 Å². The second kappa shape index (κ2) is 14.5. The van der Waals surface area contributed by atoms with Gasteiger partial charge in [0, 0.05) is 0 Å². The van der Waals surface area contributed by atoms with Crippen LogP contribution in [0, 0.1) is 0 Å². The van der Waals surface area contributed by atoms with Crippen LogP contribution in [0.25, 0.3) is 0 Å². The van der Waals surface area contributed by atoms with Crippen LogP contribution in [0.4, 0.5) is 0 Å². The van der Waals surface area contributed by atoms with Crippen LogP contribution >= 0.6 is 0 Å². The van der Waals surface area contributed by atoms with Gasteiger partial charge in [0.25, 0.3) is 0 Å². The van der Waals surface area contributed by atoms with Crippen LogP contribution in [0.5, 0.6) is 5.75 Å². The molecule has 0 unspecified atom stereocenters. The summed E-state index contributed by atoms with van der Waals surface area (Å²) in [6, 6.07) is 7.71. The topological polar surface area (TPSA) is 20.2 Å². The Morgan fingerprint density at radius 3 is 1.85 bits per heavy atom. The molecule has 0 aliphatic carbocycles. The molecule has 0 saturated carbocycles. The molecule has 0 fully saturated rings. The van der Waals surface area contributed by atoms with E-state index >= 15 is 0 Å². The molecule has 1 N–H and O–H groups in total. The second-order valence-corrected chi connectivity index (χ2v) is 5.56. The zero-order chi connectivity index (χ0) is 13.8. The summed E-state index contributed by atoms with van der Waals surface area (Å²) >= 11 is 0. The third-order valence-corrected chi connectivity index (χ3v) is 3.79. The van der Waals surface area contributed by atoms with E-state index in [9.17, 15) is 5.11 Å². The molecule has 0 aromatic heterocycles. The minimum atomic E-state index is 0. The predicted octanol–water partition coefficient (Wildman–Crippen LogP) is 5.70. The maximum Gasteiger partial charge on any atom is 2.00 e. The fourth-order valence-electron chi connectivity index (χ4n) is 2.53. The Morgan fingerprint density at radius 1 is 0.800 bits per heavy atom. The number of benzene rings is 1. The van der Waals surface area contributed by atoms with Crippen molar-refractivity contribution < 1.29 is 7.96 Å². The first-order valence-corrected chi connectivity index (χ1v) is 8.11. The molecule has 0 saturated heterocycles. The van der Waals surface area contributed by atoms with Crippen LogP contribution in [0.1, 0.15) is 79.5 Å². The van der Waals surface area contributed by atoms with Gasteiger partial charge in [0.05, 0.1) is 0 Å². The number of aryl methyl sites for hydroxylation is 1. The summed E-state index contributed by atoms with van der Waals surface area (Å²) in [7, 11) is 0. The normalized spacial score (nSPS) is 10.2. The molecule has 20 heavy (non-hydrogen) atoms. The SMILES string of the molecule is CCCCCCCCCCCCc1ccccc1O.[Ba+2].[H-].[H-]. The van der Waals surface area contributed by atoms with Crippen molar-refractivity contribution in [2.45, 2.75) is 77.6 Å². The number of phenolic OH excluding ortho intramolecular Hbond substituents is 1. The number of phenols is 1. The molecule has 0 spiro atoms. The first-order valence-electron chi connectivity index (χ1n) is 8.11. The number of rotatable bonds is 11. The van der Waals surface area contributed by atoms with Gasteiger partial charge in [0.15, 0.2) is 0 Å². The standard InChI is InChI=1S/C18H30O.Ba.2H/c1-2-3-4-5-6-7-8-9-10-11-14-17-15-12-13-16-18(17)19;;;/h12-13,15-16,19H,2-11,14H2,1H3;;;/q;+2;2*-1. The van der Waals surface area contributed by atoms with Crippen LogP contribution < -0.4 is 0 Å². The Kier molecular flexibility index (Phi) is 15.0. The number of hydrogen-bond donors (Lipinski definition) is 1. The van der Waals surface area contributed by atoms with Crippen LogP contribution in [0.2, 0.25) is 0 Å². The molecule has 0 aliphatic heterocycles. The summed E-state index contributed by atoms with van der Waals surface area (Å²) in [6.45, 7) is 2.27. The van der Waals surface area contributed by atoms with E-state index < -0.39 is 0 Å². The van der Waals surface area contributed by atoms with Crippen molar-refractivity contribution in [2.24, 2.45) is 0 Å². The van der Waals surface area contributed by atoms with Gasteiger partial charge in [-0.15, -0.1) is 0 Å². The van der Waals surface area contributed by atoms with Crippen LogP contribution in [-0.2, 0) is 6.42 Å². The van der Waals surface area contributed by atoms with Crippen LogP contribution in [0.3, 0.4) is 0 Å².